The molecule has 1 N–H and O–H groups in total. The fourth-order valence-electron chi connectivity index (χ4n) is 4.15. The summed E-state index contributed by atoms with van der Waals surface area (Å²) in [5.74, 6) is 0.288. The molecule has 0 aliphatic rings. The molecule has 0 saturated heterocycles. The van der Waals surface area contributed by atoms with Gasteiger partial charge in [-0.2, -0.15) is 0 Å². The average Bonchev–Trinajstić information content (AvgIpc) is 2.86. The first-order chi connectivity index (χ1) is 15.6. The second kappa shape index (κ2) is 9.30. The van der Waals surface area contributed by atoms with Crippen molar-refractivity contribution in [3.05, 3.63) is 115 Å². The molecular weight excluding hydrogens is 415 g/mol. The molecule has 0 aromatic heterocycles. The van der Waals surface area contributed by atoms with Crippen LogP contribution >= 0.6 is 6.89 Å². The number of methoxy groups -OCH3 is 1. The van der Waals surface area contributed by atoms with Crippen molar-refractivity contribution in [2.45, 2.75) is 6.92 Å². The quantitative estimate of drug-likeness (QED) is 0.347. The largest absolute Gasteiger partial charge is 0.507 e. The predicted molar refractivity (Wildman–Crippen MR) is 135 cm³/mol. The summed E-state index contributed by atoms with van der Waals surface area (Å²) >= 11 is 0. The Morgan fingerprint density at radius 2 is 1.16 bits per heavy atom. The number of aromatic hydroxyl groups is 1. The summed E-state index contributed by atoms with van der Waals surface area (Å²) < 4.78 is 5.32. The third-order valence-electron chi connectivity index (χ3n) is 5.71. The van der Waals surface area contributed by atoms with Gasteiger partial charge >= 0.3 is 0 Å². The number of hydrogen-bond acceptors (Lipinski definition) is 3. The van der Waals surface area contributed by atoms with E-state index in [0.717, 1.165) is 15.9 Å². The monoisotopic (exact) mass is 440 g/mol. The molecule has 0 aliphatic carbocycles. The number of phenolic OH excluding ortho intramolecular Hbond substituents is 1. The summed E-state index contributed by atoms with van der Waals surface area (Å²) in [7, 11) is 1.55. The van der Waals surface area contributed by atoms with Crippen molar-refractivity contribution in [1.29, 1.82) is 0 Å². The fourth-order valence-corrected chi connectivity index (χ4v) is 8.49. The van der Waals surface area contributed by atoms with E-state index in [1.165, 1.54) is 6.07 Å². The Morgan fingerprint density at radius 3 is 1.56 bits per heavy atom. The van der Waals surface area contributed by atoms with Gasteiger partial charge < -0.3 is 9.84 Å². The zero-order valence-corrected chi connectivity index (χ0v) is 19.0. The number of benzene rings is 4. The molecule has 4 aromatic carbocycles. The van der Waals surface area contributed by atoms with Gasteiger partial charge in [0.05, 0.1) is 12.7 Å². The lowest BCUT2D eigenvalue weighted by Crippen LogP contribution is -2.32. The first-order valence-electron chi connectivity index (χ1n) is 10.4. The van der Waals surface area contributed by atoms with E-state index in [0.29, 0.717) is 11.0 Å². The number of carbonyl (C=O) groups excluding carboxylic acids is 1. The summed E-state index contributed by atoms with van der Waals surface area (Å²) in [6.07, 6.45) is 0. The predicted octanol–water partition coefficient (Wildman–Crippen LogP) is 4.77. The van der Waals surface area contributed by atoms with Crippen LogP contribution in [0.4, 0.5) is 0 Å². The Labute approximate surface area is 188 Å². The molecular formula is C28H25O3P. The first-order valence-corrected chi connectivity index (χ1v) is 12.2. The van der Waals surface area contributed by atoms with E-state index in [-0.39, 0.29) is 17.1 Å². The highest BCUT2D eigenvalue weighted by molar-refractivity contribution is 7.96. The van der Waals surface area contributed by atoms with E-state index >= 15 is 0 Å². The maximum absolute atomic E-state index is 14.0. The molecule has 3 nitrogen and oxygen atoms in total. The molecule has 160 valence electrons. The van der Waals surface area contributed by atoms with Crippen molar-refractivity contribution < 1.29 is 14.6 Å². The molecule has 0 heterocycles. The molecule has 0 radical (unpaired) electrons. The van der Waals surface area contributed by atoms with Gasteiger partial charge in [0.15, 0.2) is 5.78 Å². The van der Waals surface area contributed by atoms with Crippen LogP contribution in [0.2, 0.25) is 0 Å². The Bertz CT molecular complexity index is 1180. The maximum Gasteiger partial charge on any atom is 0.193 e. The average molecular weight is 440 g/mol. The third-order valence-corrected chi connectivity index (χ3v) is 10.1. The van der Waals surface area contributed by atoms with Crippen LogP contribution in [0, 0.1) is 0 Å². The van der Waals surface area contributed by atoms with Gasteiger partial charge in [-0.15, -0.1) is 0 Å². The smallest absolute Gasteiger partial charge is 0.193 e. The normalized spacial score (nSPS) is 11.1. The molecule has 0 aliphatic heterocycles. The molecule has 0 bridgehead atoms. The molecule has 0 unspecified atom stereocenters. The molecule has 32 heavy (non-hydrogen) atoms. The van der Waals surface area contributed by atoms with Crippen LogP contribution in [0.1, 0.15) is 17.3 Å². The molecule has 0 spiro atoms. The van der Waals surface area contributed by atoms with Gasteiger partial charge in [-0.3, -0.25) is 4.79 Å². The van der Waals surface area contributed by atoms with Gasteiger partial charge in [0.25, 0.3) is 0 Å². The summed E-state index contributed by atoms with van der Waals surface area (Å²) in [5.41, 5.74) is 0.244. The highest BCUT2D eigenvalue weighted by Crippen LogP contribution is 2.47. The highest BCUT2D eigenvalue weighted by atomic mass is 31.2. The summed E-state index contributed by atoms with van der Waals surface area (Å²) in [5, 5.41) is 14.5. The molecule has 0 atom stereocenters. The van der Waals surface area contributed by atoms with Crippen LogP contribution in [0.5, 0.6) is 11.5 Å². The van der Waals surface area contributed by atoms with Crippen molar-refractivity contribution in [2.24, 2.45) is 0 Å². The van der Waals surface area contributed by atoms with Gasteiger partial charge in [-0.05, 0) is 47.9 Å². The Morgan fingerprint density at radius 1 is 0.719 bits per heavy atom. The summed E-state index contributed by atoms with van der Waals surface area (Å²) in [6.45, 7) is -0.589. The van der Waals surface area contributed by atoms with E-state index in [9.17, 15) is 9.90 Å². The van der Waals surface area contributed by atoms with Gasteiger partial charge in [0, 0.05) is 5.29 Å². The molecule has 0 fully saturated rings. The second-order valence-electron chi connectivity index (χ2n) is 7.48. The standard InChI is InChI=1S/C28H25O3P/c1-21(28(30)26-20-22(31-2)18-19-27(26)29)32(23-12-6-3-7-13-23,24-14-8-4-9-15-24)25-16-10-5-11-17-25/h3-20,29H,1-2H3. The zero-order chi connectivity index (χ0) is 22.6. The minimum Gasteiger partial charge on any atom is -0.507 e. The van der Waals surface area contributed by atoms with Gasteiger partial charge in [-0.25, -0.2) is 0 Å². The summed E-state index contributed by atoms with van der Waals surface area (Å²) in [6, 6.07) is 35.3. The number of Topliss-reactive ketones (excluding diaryl/α,β-unsaturated/α-hetero) is 1. The molecule has 4 heteroatoms. The molecule has 4 aromatic rings. The van der Waals surface area contributed by atoms with Crippen LogP contribution < -0.4 is 20.7 Å². The number of ketones is 1. The fraction of sp³-hybridized carbons (Fsp3) is 0.0714. The number of ether oxygens (including phenoxy) is 1. The van der Waals surface area contributed by atoms with E-state index in [2.05, 4.69) is 36.4 Å². The Balaban J connectivity index is 2.14. The molecule has 0 saturated carbocycles. The van der Waals surface area contributed by atoms with Crippen LogP contribution in [-0.2, 0) is 0 Å². The minimum absolute atomic E-state index is 0.0533. The van der Waals surface area contributed by atoms with Crippen molar-refractivity contribution in [3.63, 3.8) is 0 Å². The maximum atomic E-state index is 14.0. The van der Waals surface area contributed by atoms with Crippen LogP contribution in [0.15, 0.2) is 109 Å². The molecule has 4 rings (SSSR count). The Kier molecular flexibility index (Phi) is 6.30. The van der Waals surface area contributed by atoms with Crippen molar-refractivity contribution in [1.82, 2.24) is 0 Å². The van der Waals surface area contributed by atoms with Gasteiger partial charge in [0.1, 0.15) is 11.5 Å². The second-order valence-corrected chi connectivity index (χ2v) is 11.0. The van der Waals surface area contributed by atoms with Crippen LogP contribution in [0.3, 0.4) is 0 Å². The van der Waals surface area contributed by atoms with Gasteiger partial charge in [-0.1, -0.05) is 91.0 Å². The van der Waals surface area contributed by atoms with Crippen molar-refractivity contribution in [2.75, 3.05) is 7.11 Å². The topological polar surface area (TPSA) is 46.5 Å². The lowest BCUT2D eigenvalue weighted by molar-refractivity contribution is 0.106. The number of phenols is 1. The molecule has 0 amide bonds. The van der Waals surface area contributed by atoms with E-state index in [1.54, 1.807) is 19.2 Å². The van der Waals surface area contributed by atoms with E-state index in [4.69, 9.17) is 4.74 Å². The van der Waals surface area contributed by atoms with Crippen molar-refractivity contribution >= 4 is 33.9 Å². The summed E-state index contributed by atoms with van der Waals surface area (Å²) in [4.78, 5) is 14.0. The number of hydrogen-bond donors (Lipinski definition) is 1. The van der Waals surface area contributed by atoms with E-state index in [1.807, 2.05) is 61.5 Å². The highest BCUT2D eigenvalue weighted by Gasteiger charge is 2.31. The van der Waals surface area contributed by atoms with Crippen molar-refractivity contribution in [3.8, 4) is 11.5 Å². The number of rotatable bonds is 6. The Hall–Kier alpha value is -3.55. The first kappa shape index (κ1) is 21.7. The SMILES string of the molecule is COc1ccc(O)c(C(=O)C(C)=P(c2ccccc2)(c2ccccc2)c2ccccc2)c1. The lowest BCUT2D eigenvalue weighted by atomic mass is 10.1. The number of carbonyl (C=O) groups is 1. The lowest BCUT2D eigenvalue weighted by Gasteiger charge is -2.31. The van der Waals surface area contributed by atoms with Crippen LogP contribution in [-0.4, -0.2) is 23.3 Å². The third kappa shape index (κ3) is 3.77. The van der Waals surface area contributed by atoms with Crippen LogP contribution in [0.25, 0.3) is 0 Å². The minimum atomic E-state index is -2.49. The van der Waals surface area contributed by atoms with Gasteiger partial charge in [0.2, 0.25) is 0 Å². The van der Waals surface area contributed by atoms with E-state index < -0.39 is 6.89 Å². The zero-order valence-electron chi connectivity index (χ0n) is 18.1.